The van der Waals surface area contributed by atoms with Crippen LogP contribution in [0.3, 0.4) is 0 Å². The summed E-state index contributed by atoms with van der Waals surface area (Å²) in [6.45, 7) is 5.14. The van der Waals surface area contributed by atoms with Gasteiger partial charge >= 0.3 is 5.69 Å². The van der Waals surface area contributed by atoms with Crippen LogP contribution in [0.1, 0.15) is 18.5 Å². The monoisotopic (exact) mass is 262 g/mol. The minimum Gasteiger partial charge on any atom is -0.360 e. The summed E-state index contributed by atoms with van der Waals surface area (Å²) >= 11 is 0. The summed E-state index contributed by atoms with van der Waals surface area (Å²) in [7, 11) is 0. The van der Waals surface area contributed by atoms with Crippen molar-refractivity contribution >= 4 is 11.5 Å². The van der Waals surface area contributed by atoms with E-state index in [1.807, 2.05) is 6.92 Å². The zero-order chi connectivity index (χ0) is 13.4. The number of pyridine rings is 1. The van der Waals surface area contributed by atoms with E-state index in [-0.39, 0.29) is 16.7 Å². The third kappa shape index (κ3) is 2.40. The van der Waals surface area contributed by atoms with E-state index in [1.54, 1.807) is 6.07 Å². The van der Waals surface area contributed by atoms with E-state index in [1.165, 1.54) is 18.9 Å². The fraction of sp³-hybridized carbons (Fsp3) is 0.615. The highest BCUT2D eigenvalue weighted by atomic mass is 16.6. The molecule has 3 aliphatic heterocycles. The Bertz CT molecular complexity index is 497. The summed E-state index contributed by atoms with van der Waals surface area (Å²) in [5.74, 6) is 1.04. The number of aryl methyl sites for hydroxylation is 1. The maximum absolute atomic E-state index is 11.0. The lowest BCUT2D eigenvalue weighted by Crippen LogP contribution is -2.53. The molecule has 6 nitrogen and oxygen atoms in total. The Hall–Kier alpha value is -1.69. The molecule has 0 aliphatic carbocycles. The number of piperidine rings is 3. The van der Waals surface area contributed by atoms with Gasteiger partial charge in [0, 0.05) is 24.3 Å². The molecule has 19 heavy (non-hydrogen) atoms. The number of aromatic nitrogens is 1. The van der Waals surface area contributed by atoms with Gasteiger partial charge < -0.3 is 10.2 Å². The Morgan fingerprint density at radius 1 is 1.42 bits per heavy atom. The Labute approximate surface area is 112 Å². The van der Waals surface area contributed by atoms with Crippen LogP contribution >= 0.6 is 0 Å². The topological polar surface area (TPSA) is 71.3 Å². The Morgan fingerprint density at radius 2 is 2.16 bits per heavy atom. The van der Waals surface area contributed by atoms with Crippen molar-refractivity contribution < 1.29 is 4.92 Å². The molecule has 0 radical (unpaired) electrons. The molecule has 4 rings (SSSR count). The van der Waals surface area contributed by atoms with Crippen LogP contribution in [0.4, 0.5) is 11.5 Å². The first-order chi connectivity index (χ1) is 9.13. The number of nitrogens with zero attached hydrogens (tertiary/aromatic N) is 3. The first-order valence-corrected chi connectivity index (χ1v) is 6.74. The van der Waals surface area contributed by atoms with Gasteiger partial charge in [-0.15, -0.1) is 0 Å². The molecule has 4 heterocycles. The molecule has 1 N–H and O–H groups in total. The fourth-order valence-electron chi connectivity index (χ4n) is 3.11. The normalized spacial score (nSPS) is 29.2. The molecule has 1 unspecified atom stereocenters. The summed E-state index contributed by atoms with van der Waals surface area (Å²) in [4.78, 5) is 17.4. The lowest BCUT2D eigenvalue weighted by atomic mass is 9.84. The highest BCUT2D eigenvalue weighted by Crippen LogP contribution is 2.31. The summed E-state index contributed by atoms with van der Waals surface area (Å²) in [6.07, 6.45) is 2.36. The van der Waals surface area contributed by atoms with Crippen molar-refractivity contribution in [2.24, 2.45) is 5.92 Å². The number of nitrogens with one attached hydrogen (secondary N) is 1. The highest BCUT2D eigenvalue weighted by molar-refractivity contribution is 5.56. The van der Waals surface area contributed by atoms with E-state index < -0.39 is 0 Å². The predicted octanol–water partition coefficient (Wildman–Crippen LogP) is 1.80. The molecule has 102 valence electrons. The standard InChI is InChI=1S/C13H18N4O2/c1-9-2-3-12(17(18)19)13(14-9)15-11-8-16-6-4-10(11)5-7-16/h2-3,10-11H,4-8H2,1H3,(H,14,15). The first-order valence-electron chi connectivity index (χ1n) is 6.74. The average Bonchev–Trinajstić information content (AvgIpc) is 2.40. The molecule has 1 atom stereocenters. The fourth-order valence-corrected chi connectivity index (χ4v) is 3.11. The van der Waals surface area contributed by atoms with Crippen LogP contribution in [0.15, 0.2) is 12.1 Å². The van der Waals surface area contributed by atoms with E-state index in [2.05, 4.69) is 15.2 Å². The van der Waals surface area contributed by atoms with Crippen molar-refractivity contribution in [2.45, 2.75) is 25.8 Å². The van der Waals surface area contributed by atoms with E-state index >= 15 is 0 Å². The van der Waals surface area contributed by atoms with Gasteiger partial charge in [0.1, 0.15) is 0 Å². The molecule has 0 aromatic carbocycles. The second-order valence-corrected chi connectivity index (χ2v) is 5.47. The Balaban J connectivity index is 1.83. The molecule has 0 saturated carbocycles. The van der Waals surface area contributed by atoms with Crippen LogP contribution in [-0.4, -0.2) is 40.5 Å². The lowest BCUT2D eigenvalue weighted by molar-refractivity contribution is -0.384. The summed E-state index contributed by atoms with van der Waals surface area (Å²) < 4.78 is 0. The average molecular weight is 262 g/mol. The smallest absolute Gasteiger partial charge is 0.311 e. The summed E-state index contributed by atoms with van der Waals surface area (Å²) in [5.41, 5.74) is 0.872. The largest absolute Gasteiger partial charge is 0.360 e. The molecule has 0 spiro atoms. The lowest BCUT2D eigenvalue weighted by Gasteiger charge is -2.45. The molecule has 3 saturated heterocycles. The molecular weight excluding hydrogens is 244 g/mol. The molecule has 0 amide bonds. The molecule has 3 aliphatic rings. The van der Waals surface area contributed by atoms with E-state index in [9.17, 15) is 10.1 Å². The summed E-state index contributed by atoms with van der Waals surface area (Å²) in [5, 5.41) is 14.4. The van der Waals surface area contributed by atoms with Gasteiger partial charge in [0.15, 0.2) is 0 Å². The van der Waals surface area contributed by atoms with E-state index in [0.717, 1.165) is 25.3 Å². The first kappa shape index (κ1) is 12.3. The quantitative estimate of drug-likeness (QED) is 0.664. The van der Waals surface area contributed by atoms with Gasteiger partial charge in [-0.3, -0.25) is 10.1 Å². The molecule has 1 aromatic rings. The number of anilines is 1. The van der Waals surface area contributed by atoms with Crippen molar-refractivity contribution in [1.82, 2.24) is 9.88 Å². The van der Waals surface area contributed by atoms with Crippen molar-refractivity contribution in [1.29, 1.82) is 0 Å². The van der Waals surface area contributed by atoms with Crippen LogP contribution in [-0.2, 0) is 0 Å². The predicted molar refractivity (Wildman–Crippen MR) is 72.2 cm³/mol. The molecule has 2 bridgehead atoms. The molecular formula is C13H18N4O2. The van der Waals surface area contributed by atoms with Crippen molar-refractivity contribution in [2.75, 3.05) is 25.0 Å². The molecule has 3 fully saturated rings. The number of hydrogen-bond donors (Lipinski definition) is 1. The number of nitro groups is 1. The van der Waals surface area contributed by atoms with Crippen LogP contribution in [0, 0.1) is 23.0 Å². The number of fused-ring (bicyclic) bond motifs is 3. The van der Waals surface area contributed by atoms with Gasteiger partial charge in [0.25, 0.3) is 0 Å². The third-order valence-corrected chi connectivity index (χ3v) is 4.19. The summed E-state index contributed by atoms with van der Waals surface area (Å²) in [6, 6.07) is 3.50. The Kier molecular flexibility index (Phi) is 3.10. The van der Waals surface area contributed by atoms with Crippen molar-refractivity contribution in [3.63, 3.8) is 0 Å². The number of hydrogen-bond acceptors (Lipinski definition) is 5. The van der Waals surface area contributed by atoms with Gasteiger partial charge in [-0.25, -0.2) is 4.98 Å². The molecule has 1 aromatic heterocycles. The van der Waals surface area contributed by atoms with Crippen molar-refractivity contribution in [3.8, 4) is 0 Å². The maximum atomic E-state index is 11.0. The second kappa shape index (κ2) is 4.77. The van der Waals surface area contributed by atoms with Gasteiger partial charge in [-0.05, 0) is 44.8 Å². The van der Waals surface area contributed by atoms with Crippen LogP contribution in [0.25, 0.3) is 0 Å². The zero-order valence-electron chi connectivity index (χ0n) is 11.0. The second-order valence-electron chi connectivity index (χ2n) is 5.47. The van der Waals surface area contributed by atoms with Crippen LogP contribution in [0.5, 0.6) is 0 Å². The zero-order valence-corrected chi connectivity index (χ0v) is 11.0. The maximum Gasteiger partial charge on any atom is 0.311 e. The van der Waals surface area contributed by atoms with Gasteiger partial charge in [-0.2, -0.15) is 0 Å². The van der Waals surface area contributed by atoms with Gasteiger partial charge in [0.05, 0.1) is 4.92 Å². The minimum atomic E-state index is -0.365. The number of rotatable bonds is 3. The van der Waals surface area contributed by atoms with E-state index in [4.69, 9.17) is 0 Å². The van der Waals surface area contributed by atoms with Gasteiger partial charge in [-0.1, -0.05) is 0 Å². The SMILES string of the molecule is Cc1ccc([N+](=O)[O-])c(NC2CN3CCC2CC3)n1. The van der Waals surface area contributed by atoms with Crippen LogP contribution < -0.4 is 5.32 Å². The highest BCUT2D eigenvalue weighted by Gasteiger charge is 2.35. The third-order valence-electron chi connectivity index (χ3n) is 4.19. The van der Waals surface area contributed by atoms with Crippen LogP contribution in [0.2, 0.25) is 0 Å². The molecule has 6 heteroatoms. The minimum absolute atomic E-state index is 0.0713. The van der Waals surface area contributed by atoms with Gasteiger partial charge in [0.2, 0.25) is 5.82 Å². The van der Waals surface area contributed by atoms with Crippen molar-refractivity contribution in [3.05, 3.63) is 27.9 Å². The van der Waals surface area contributed by atoms with E-state index in [0.29, 0.717) is 11.7 Å². The Morgan fingerprint density at radius 3 is 2.74 bits per heavy atom.